The molecule has 0 aliphatic heterocycles. The Bertz CT molecular complexity index is 511. The summed E-state index contributed by atoms with van der Waals surface area (Å²) in [6, 6.07) is 3.55. The zero-order valence-electron chi connectivity index (χ0n) is 10.2. The number of benzene rings is 1. The zero-order chi connectivity index (χ0) is 13.9. The largest absolute Gasteiger partial charge is 0.398 e. The van der Waals surface area contributed by atoms with E-state index in [2.05, 4.69) is 5.32 Å². The first-order valence-electron chi connectivity index (χ1n) is 5.30. The summed E-state index contributed by atoms with van der Waals surface area (Å²) in [5, 5.41) is 2.13. The lowest BCUT2D eigenvalue weighted by Crippen LogP contribution is -2.28. The van der Waals surface area contributed by atoms with Gasteiger partial charge in [0.1, 0.15) is 0 Å². The maximum Gasteiger partial charge on any atom is 0.257 e. The van der Waals surface area contributed by atoms with E-state index in [4.69, 9.17) is 11.5 Å². The highest BCUT2D eigenvalue weighted by Crippen LogP contribution is 2.20. The van der Waals surface area contributed by atoms with Crippen LogP contribution in [-0.4, -0.2) is 17.6 Å². The number of nitrogen functional groups attached to an aromatic ring is 1. The Morgan fingerprint density at radius 1 is 1.22 bits per heavy atom. The standard InChI is InChI=1S/C12H15N3O3/c1-6(16)11(14)9-4-3-8(5-10(9)13)12(18)15-7(2)17/h3-5,11H,13-14H2,1-2H3,(H,15,17,18). The van der Waals surface area contributed by atoms with E-state index in [-0.39, 0.29) is 17.0 Å². The highest BCUT2D eigenvalue weighted by molar-refractivity contribution is 6.04. The highest BCUT2D eigenvalue weighted by Gasteiger charge is 2.16. The number of anilines is 1. The number of imide groups is 1. The van der Waals surface area contributed by atoms with Gasteiger partial charge in [-0.25, -0.2) is 0 Å². The monoisotopic (exact) mass is 249 g/mol. The van der Waals surface area contributed by atoms with Crippen molar-refractivity contribution >= 4 is 23.3 Å². The molecule has 0 fully saturated rings. The maximum absolute atomic E-state index is 11.5. The van der Waals surface area contributed by atoms with Gasteiger partial charge in [0, 0.05) is 18.2 Å². The van der Waals surface area contributed by atoms with Crippen molar-refractivity contribution in [3.63, 3.8) is 0 Å². The molecule has 0 heterocycles. The Labute approximate surface area is 104 Å². The average molecular weight is 249 g/mol. The molecule has 2 amide bonds. The maximum atomic E-state index is 11.5. The predicted octanol–water partition coefficient (Wildman–Crippen LogP) is 0.134. The van der Waals surface area contributed by atoms with Crippen LogP contribution >= 0.6 is 0 Å². The Morgan fingerprint density at radius 3 is 2.28 bits per heavy atom. The molecule has 18 heavy (non-hydrogen) atoms. The predicted molar refractivity (Wildman–Crippen MR) is 66.6 cm³/mol. The number of nitrogens with two attached hydrogens (primary N) is 2. The van der Waals surface area contributed by atoms with Crippen LogP contribution in [-0.2, 0) is 9.59 Å². The first-order valence-corrected chi connectivity index (χ1v) is 5.30. The van der Waals surface area contributed by atoms with Crippen molar-refractivity contribution in [1.29, 1.82) is 0 Å². The molecule has 1 aromatic rings. The van der Waals surface area contributed by atoms with Crippen molar-refractivity contribution < 1.29 is 14.4 Å². The summed E-state index contributed by atoms with van der Waals surface area (Å²) >= 11 is 0. The van der Waals surface area contributed by atoms with Crippen molar-refractivity contribution in [2.24, 2.45) is 5.73 Å². The van der Waals surface area contributed by atoms with Gasteiger partial charge in [-0.2, -0.15) is 0 Å². The Kier molecular flexibility index (Phi) is 4.17. The van der Waals surface area contributed by atoms with Crippen molar-refractivity contribution in [1.82, 2.24) is 5.32 Å². The number of Topliss-reactive ketones (excluding diaryl/α,β-unsaturated/α-hetero) is 1. The summed E-state index contributed by atoms with van der Waals surface area (Å²) in [7, 11) is 0. The Hall–Kier alpha value is -2.21. The molecule has 0 aliphatic carbocycles. The minimum atomic E-state index is -0.810. The minimum absolute atomic E-state index is 0.220. The van der Waals surface area contributed by atoms with Crippen LogP contribution in [0.5, 0.6) is 0 Å². The van der Waals surface area contributed by atoms with Crippen LogP contribution in [0.25, 0.3) is 0 Å². The number of amides is 2. The normalized spacial score (nSPS) is 11.7. The number of carbonyl (C=O) groups excluding carboxylic acids is 3. The minimum Gasteiger partial charge on any atom is -0.398 e. The Balaban J connectivity index is 3.02. The smallest absolute Gasteiger partial charge is 0.257 e. The summed E-state index contributed by atoms with van der Waals surface area (Å²) in [5.41, 5.74) is 12.3. The van der Waals surface area contributed by atoms with Crippen molar-refractivity contribution in [3.8, 4) is 0 Å². The molecule has 1 unspecified atom stereocenters. The summed E-state index contributed by atoms with van der Waals surface area (Å²) in [5.74, 6) is -1.22. The molecule has 0 radical (unpaired) electrons. The van der Waals surface area contributed by atoms with E-state index in [1.54, 1.807) is 0 Å². The van der Waals surface area contributed by atoms with Gasteiger partial charge in [0.25, 0.3) is 5.91 Å². The molecule has 6 heteroatoms. The molecule has 0 bridgehead atoms. The molecule has 1 aromatic carbocycles. The number of hydrogen-bond acceptors (Lipinski definition) is 5. The van der Waals surface area contributed by atoms with E-state index < -0.39 is 17.9 Å². The fourth-order valence-electron chi connectivity index (χ4n) is 1.45. The van der Waals surface area contributed by atoms with E-state index in [0.29, 0.717) is 5.56 Å². The molecular weight excluding hydrogens is 234 g/mol. The van der Waals surface area contributed by atoms with Gasteiger partial charge in [-0.05, 0) is 24.6 Å². The molecule has 0 aliphatic rings. The van der Waals surface area contributed by atoms with Gasteiger partial charge in [-0.1, -0.05) is 6.07 Å². The SMILES string of the molecule is CC(=O)NC(=O)c1ccc(C(N)C(C)=O)c(N)c1. The molecule has 6 nitrogen and oxygen atoms in total. The summed E-state index contributed by atoms with van der Waals surface area (Å²) in [6.07, 6.45) is 0. The van der Waals surface area contributed by atoms with Crippen LogP contribution in [0.4, 0.5) is 5.69 Å². The van der Waals surface area contributed by atoms with E-state index in [9.17, 15) is 14.4 Å². The highest BCUT2D eigenvalue weighted by atomic mass is 16.2. The lowest BCUT2D eigenvalue weighted by Gasteiger charge is -2.12. The second-order valence-corrected chi connectivity index (χ2v) is 3.94. The molecule has 0 aromatic heterocycles. The van der Waals surface area contributed by atoms with Gasteiger partial charge in [0.2, 0.25) is 5.91 Å². The lowest BCUT2D eigenvalue weighted by atomic mass is 10.0. The number of carbonyl (C=O) groups is 3. The van der Waals surface area contributed by atoms with Crippen molar-refractivity contribution in [3.05, 3.63) is 29.3 Å². The van der Waals surface area contributed by atoms with Crippen LogP contribution < -0.4 is 16.8 Å². The van der Waals surface area contributed by atoms with Gasteiger partial charge in [0.15, 0.2) is 5.78 Å². The van der Waals surface area contributed by atoms with E-state index in [0.717, 1.165) is 0 Å². The molecule has 0 spiro atoms. The Morgan fingerprint density at radius 2 is 1.83 bits per heavy atom. The van der Waals surface area contributed by atoms with E-state index in [1.165, 1.54) is 32.0 Å². The molecular formula is C12H15N3O3. The van der Waals surface area contributed by atoms with Crippen molar-refractivity contribution in [2.45, 2.75) is 19.9 Å². The summed E-state index contributed by atoms with van der Waals surface area (Å²) < 4.78 is 0. The molecule has 96 valence electrons. The fourth-order valence-corrected chi connectivity index (χ4v) is 1.45. The summed E-state index contributed by atoms with van der Waals surface area (Å²) in [6.45, 7) is 2.60. The van der Waals surface area contributed by atoms with Crippen LogP contribution in [0.2, 0.25) is 0 Å². The van der Waals surface area contributed by atoms with Gasteiger partial charge in [-0.15, -0.1) is 0 Å². The topological polar surface area (TPSA) is 115 Å². The molecule has 0 saturated heterocycles. The van der Waals surface area contributed by atoms with Gasteiger partial charge in [0.05, 0.1) is 6.04 Å². The molecule has 5 N–H and O–H groups in total. The van der Waals surface area contributed by atoms with Gasteiger partial charge >= 0.3 is 0 Å². The average Bonchev–Trinajstić information content (AvgIpc) is 2.26. The van der Waals surface area contributed by atoms with Gasteiger partial charge < -0.3 is 11.5 Å². The summed E-state index contributed by atoms with van der Waals surface area (Å²) in [4.78, 5) is 33.4. The molecule has 1 rings (SSSR count). The number of rotatable bonds is 3. The number of hydrogen-bond donors (Lipinski definition) is 3. The third-order valence-electron chi connectivity index (χ3n) is 2.41. The third kappa shape index (κ3) is 3.14. The zero-order valence-corrected chi connectivity index (χ0v) is 10.2. The van der Waals surface area contributed by atoms with Crippen LogP contribution in [0.3, 0.4) is 0 Å². The second-order valence-electron chi connectivity index (χ2n) is 3.94. The van der Waals surface area contributed by atoms with Crippen LogP contribution in [0.1, 0.15) is 35.8 Å². The number of ketones is 1. The van der Waals surface area contributed by atoms with E-state index in [1.807, 2.05) is 0 Å². The first-order chi connectivity index (χ1) is 8.32. The van der Waals surface area contributed by atoms with Crippen LogP contribution in [0.15, 0.2) is 18.2 Å². The molecule has 0 saturated carbocycles. The van der Waals surface area contributed by atoms with E-state index >= 15 is 0 Å². The fraction of sp³-hybridized carbons (Fsp3) is 0.250. The number of nitrogens with one attached hydrogen (secondary N) is 1. The third-order valence-corrected chi connectivity index (χ3v) is 2.41. The molecule has 1 atom stereocenters. The van der Waals surface area contributed by atoms with Gasteiger partial charge in [-0.3, -0.25) is 19.7 Å². The lowest BCUT2D eigenvalue weighted by molar-refractivity contribution is -0.119. The van der Waals surface area contributed by atoms with Crippen molar-refractivity contribution in [2.75, 3.05) is 5.73 Å². The second kappa shape index (κ2) is 5.42. The first kappa shape index (κ1) is 13.9. The quantitative estimate of drug-likeness (QED) is 0.659. The van der Waals surface area contributed by atoms with Crippen LogP contribution in [0, 0.1) is 0 Å².